The summed E-state index contributed by atoms with van der Waals surface area (Å²) in [5, 5.41) is 24.3. The maximum Gasteiger partial charge on any atom is 0.412 e. The van der Waals surface area contributed by atoms with E-state index in [0.29, 0.717) is 5.39 Å². The zero-order chi connectivity index (χ0) is 16.5. The fourth-order valence-corrected chi connectivity index (χ4v) is 2.00. The van der Waals surface area contributed by atoms with E-state index in [1.807, 2.05) is 0 Å². The Labute approximate surface area is 126 Å². The molecule has 0 radical (unpaired) electrons. The Morgan fingerprint density at radius 2 is 1.86 bits per heavy atom. The predicted molar refractivity (Wildman–Crippen MR) is 82.1 cm³/mol. The molecule has 116 valence electrons. The lowest BCUT2D eigenvalue weighted by Gasteiger charge is -2.20. The number of aromatic hydroxyl groups is 1. The number of rotatable bonds is 2. The molecule has 2 aromatic carbocycles. The van der Waals surface area contributed by atoms with Crippen molar-refractivity contribution in [1.29, 1.82) is 0 Å². The molecule has 7 heteroatoms. The van der Waals surface area contributed by atoms with Crippen molar-refractivity contribution in [3.63, 3.8) is 0 Å². The summed E-state index contributed by atoms with van der Waals surface area (Å²) in [4.78, 5) is 22.2. The Balaban J connectivity index is 2.51. The van der Waals surface area contributed by atoms with Crippen molar-refractivity contribution in [3.8, 4) is 5.75 Å². The molecule has 0 spiro atoms. The second-order valence-corrected chi connectivity index (χ2v) is 5.72. The van der Waals surface area contributed by atoms with Gasteiger partial charge in [-0.15, -0.1) is 0 Å². The second-order valence-electron chi connectivity index (χ2n) is 5.72. The molecule has 0 aliphatic heterocycles. The Kier molecular flexibility index (Phi) is 3.90. The number of amides is 1. The molecule has 0 bridgehead atoms. The summed E-state index contributed by atoms with van der Waals surface area (Å²) < 4.78 is 5.14. The van der Waals surface area contributed by atoms with Gasteiger partial charge in [-0.1, -0.05) is 24.3 Å². The van der Waals surface area contributed by atoms with Crippen LogP contribution in [0.2, 0.25) is 0 Å². The maximum atomic E-state index is 11.9. The van der Waals surface area contributed by atoms with Crippen LogP contribution >= 0.6 is 0 Å². The molecule has 0 aromatic heterocycles. The molecule has 0 heterocycles. The Morgan fingerprint density at radius 1 is 1.27 bits per heavy atom. The Hall–Kier alpha value is -2.83. The van der Waals surface area contributed by atoms with Crippen LogP contribution in [0.1, 0.15) is 20.8 Å². The third kappa shape index (κ3) is 3.25. The molecule has 0 saturated carbocycles. The van der Waals surface area contributed by atoms with E-state index in [1.54, 1.807) is 39.0 Å². The molecule has 0 aliphatic carbocycles. The van der Waals surface area contributed by atoms with Crippen LogP contribution in [0.5, 0.6) is 5.75 Å². The summed E-state index contributed by atoms with van der Waals surface area (Å²) in [5.41, 5.74) is -0.970. The van der Waals surface area contributed by atoms with Crippen molar-refractivity contribution in [2.24, 2.45) is 0 Å². The number of nitro benzene ring substituents is 1. The van der Waals surface area contributed by atoms with Crippen LogP contribution < -0.4 is 5.32 Å². The van der Waals surface area contributed by atoms with E-state index >= 15 is 0 Å². The van der Waals surface area contributed by atoms with E-state index in [4.69, 9.17) is 4.74 Å². The van der Waals surface area contributed by atoms with Gasteiger partial charge in [0.2, 0.25) is 5.75 Å². The number of benzene rings is 2. The highest BCUT2D eigenvalue weighted by Gasteiger charge is 2.22. The van der Waals surface area contributed by atoms with E-state index in [2.05, 4.69) is 5.32 Å². The minimum absolute atomic E-state index is 0.203. The SMILES string of the molecule is CC(C)(C)OC(=O)Nc1cc([N+](=O)[O-])c(O)c2ccccc12. The monoisotopic (exact) mass is 304 g/mol. The van der Waals surface area contributed by atoms with Gasteiger partial charge in [-0.05, 0) is 20.8 Å². The molecular weight excluding hydrogens is 288 g/mol. The highest BCUT2D eigenvalue weighted by Crippen LogP contribution is 2.39. The minimum Gasteiger partial charge on any atom is -0.502 e. The first kappa shape index (κ1) is 15.6. The Morgan fingerprint density at radius 3 is 2.41 bits per heavy atom. The number of nitrogens with zero attached hydrogens (tertiary/aromatic N) is 1. The van der Waals surface area contributed by atoms with Gasteiger partial charge in [0.05, 0.1) is 10.6 Å². The Bertz CT molecular complexity index is 749. The molecule has 2 rings (SSSR count). The number of nitro groups is 1. The number of hydrogen-bond acceptors (Lipinski definition) is 5. The number of phenols is 1. The molecule has 0 fully saturated rings. The summed E-state index contributed by atoms with van der Waals surface area (Å²) in [5.74, 6) is -0.435. The van der Waals surface area contributed by atoms with Crippen LogP contribution in [0.25, 0.3) is 10.8 Å². The number of anilines is 1. The smallest absolute Gasteiger partial charge is 0.412 e. The van der Waals surface area contributed by atoms with Gasteiger partial charge in [0.25, 0.3) is 0 Å². The lowest BCUT2D eigenvalue weighted by molar-refractivity contribution is -0.385. The van der Waals surface area contributed by atoms with Crippen molar-refractivity contribution in [3.05, 3.63) is 40.4 Å². The summed E-state index contributed by atoms with van der Waals surface area (Å²) in [6.07, 6.45) is -0.724. The van der Waals surface area contributed by atoms with E-state index in [1.165, 1.54) is 6.07 Å². The number of ether oxygens (including phenoxy) is 1. The maximum absolute atomic E-state index is 11.9. The lowest BCUT2D eigenvalue weighted by Crippen LogP contribution is -2.27. The fraction of sp³-hybridized carbons (Fsp3) is 0.267. The molecule has 0 atom stereocenters. The van der Waals surface area contributed by atoms with E-state index in [0.717, 1.165) is 6.07 Å². The highest BCUT2D eigenvalue weighted by atomic mass is 16.6. The summed E-state index contributed by atoms with van der Waals surface area (Å²) in [6.45, 7) is 5.14. The quantitative estimate of drug-likeness (QED) is 0.499. The summed E-state index contributed by atoms with van der Waals surface area (Å²) in [7, 11) is 0. The van der Waals surface area contributed by atoms with Gasteiger partial charge < -0.3 is 9.84 Å². The molecule has 2 aromatic rings. The molecule has 7 nitrogen and oxygen atoms in total. The molecular formula is C15H16N2O5. The summed E-state index contributed by atoms with van der Waals surface area (Å²) >= 11 is 0. The van der Waals surface area contributed by atoms with Crippen LogP contribution in [0, 0.1) is 10.1 Å². The molecule has 2 N–H and O–H groups in total. The van der Waals surface area contributed by atoms with Crippen LogP contribution in [0.3, 0.4) is 0 Å². The number of hydrogen-bond donors (Lipinski definition) is 2. The minimum atomic E-state index is -0.724. The van der Waals surface area contributed by atoms with E-state index in [9.17, 15) is 20.0 Å². The van der Waals surface area contributed by atoms with Gasteiger partial charge in [0.15, 0.2) is 0 Å². The van der Waals surface area contributed by atoms with Crippen LogP contribution in [0.15, 0.2) is 30.3 Å². The highest BCUT2D eigenvalue weighted by molar-refractivity contribution is 6.04. The zero-order valence-electron chi connectivity index (χ0n) is 12.4. The van der Waals surface area contributed by atoms with Crippen LogP contribution in [-0.4, -0.2) is 21.7 Å². The topological polar surface area (TPSA) is 102 Å². The number of nitrogens with one attached hydrogen (secondary N) is 1. The fourth-order valence-electron chi connectivity index (χ4n) is 2.00. The molecule has 0 unspecified atom stereocenters. The second kappa shape index (κ2) is 5.51. The average molecular weight is 304 g/mol. The lowest BCUT2D eigenvalue weighted by atomic mass is 10.1. The first-order valence-electron chi connectivity index (χ1n) is 6.58. The van der Waals surface area contributed by atoms with E-state index in [-0.39, 0.29) is 11.1 Å². The first-order valence-corrected chi connectivity index (χ1v) is 6.58. The van der Waals surface area contributed by atoms with Gasteiger partial charge in [0, 0.05) is 16.8 Å². The standard InChI is InChI=1S/C15H16N2O5/c1-15(2,3)22-14(19)16-11-8-12(17(20)21)13(18)10-7-5-4-6-9(10)11/h4-8,18H,1-3H3,(H,16,19). The average Bonchev–Trinajstić information content (AvgIpc) is 2.39. The molecule has 0 saturated heterocycles. The third-order valence-corrected chi connectivity index (χ3v) is 2.83. The van der Waals surface area contributed by atoms with Gasteiger partial charge in [-0.3, -0.25) is 15.4 Å². The normalized spacial score (nSPS) is 11.2. The number of fused-ring (bicyclic) bond motifs is 1. The largest absolute Gasteiger partial charge is 0.502 e. The van der Waals surface area contributed by atoms with Crippen molar-refractivity contribution >= 4 is 28.2 Å². The van der Waals surface area contributed by atoms with Crippen LogP contribution in [0.4, 0.5) is 16.2 Å². The van der Waals surface area contributed by atoms with Crippen molar-refractivity contribution in [2.45, 2.75) is 26.4 Å². The molecule has 0 aliphatic rings. The van der Waals surface area contributed by atoms with Gasteiger partial charge in [0.1, 0.15) is 5.60 Å². The van der Waals surface area contributed by atoms with E-state index < -0.39 is 28.1 Å². The molecule has 22 heavy (non-hydrogen) atoms. The first-order chi connectivity index (χ1) is 10.2. The number of phenolic OH excluding ortho intramolecular Hbond substituents is 1. The zero-order valence-corrected chi connectivity index (χ0v) is 12.4. The van der Waals surface area contributed by atoms with Crippen LogP contribution in [-0.2, 0) is 4.74 Å². The predicted octanol–water partition coefficient (Wildman–Crippen LogP) is 3.80. The molecule has 1 amide bonds. The van der Waals surface area contributed by atoms with Crippen molar-refractivity contribution < 1.29 is 19.6 Å². The van der Waals surface area contributed by atoms with Crippen molar-refractivity contribution in [1.82, 2.24) is 0 Å². The number of carbonyl (C=O) groups is 1. The van der Waals surface area contributed by atoms with Gasteiger partial charge in [-0.25, -0.2) is 4.79 Å². The number of carbonyl (C=O) groups excluding carboxylic acids is 1. The van der Waals surface area contributed by atoms with Gasteiger partial charge in [-0.2, -0.15) is 0 Å². The third-order valence-electron chi connectivity index (χ3n) is 2.83. The van der Waals surface area contributed by atoms with Crippen molar-refractivity contribution in [2.75, 3.05) is 5.32 Å². The van der Waals surface area contributed by atoms with Gasteiger partial charge >= 0.3 is 11.8 Å². The summed E-state index contributed by atoms with van der Waals surface area (Å²) in [6, 6.07) is 7.64.